The molecule has 1 aliphatic rings. The molecule has 1 aromatic heterocycles. The van der Waals surface area contributed by atoms with Gasteiger partial charge in [-0.25, -0.2) is 9.78 Å². The van der Waals surface area contributed by atoms with Gasteiger partial charge < -0.3 is 15.1 Å². The number of para-hydroxylation sites is 1. The van der Waals surface area contributed by atoms with Crippen molar-refractivity contribution in [2.24, 2.45) is 0 Å². The van der Waals surface area contributed by atoms with Crippen LogP contribution in [0.1, 0.15) is 20.9 Å². The minimum Gasteiger partial charge on any atom is -0.367 e. The van der Waals surface area contributed by atoms with E-state index < -0.39 is 6.03 Å². The second-order valence-corrected chi connectivity index (χ2v) is 9.02. The van der Waals surface area contributed by atoms with Crippen LogP contribution < -0.4 is 15.5 Å². The Bertz CT molecular complexity index is 1120. The van der Waals surface area contributed by atoms with Gasteiger partial charge >= 0.3 is 6.03 Å². The smallest absolute Gasteiger partial charge is 0.325 e. The Morgan fingerprint density at radius 1 is 0.969 bits per heavy atom. The van der Waals surface area contributed by atoms with E-state index in [-0.39, 0.29) is 5.91 Å². The average Bonchev–Trinajstić information content (AvgIpc) is 3.15. The summed E-state index contributed by atoms with van der Waals surface area (Å²) in [5, 5.41) is 6.60. The largest absolute Gasteiger partial charge is 0.367 e. The number of carbonyl (C=O) groups excluding carboxylic acids is 2. The number of piperazine rings is 1. The fourth-order valence-electron chi connectivity index (χ4n) is 3.55. The van der Waals surface area contributed by atoms with E-state index in [0.29, 0.717) is 52.6 Å². The number of thiazole rings is 1. The maximum atomic E-state index is 13.1. The molecule has 0 bridgehead atoms. The number of hydrogen-bond acceptors (Lipinski definition) is 5. The standard InChI is InChI=1S/C23H24ClN5O2S/c1-15-7-9-17(10-8-15)26-22(31)27-23-25-16(2)20(32-23)21(30)29-13-11-28(12-14-29)19-6-4-3-5-18(19)24/h3-10H,11-14H2,1-2H3,(H2,25,26,27,31). The summed E-state index contributed by atoms with van der Waals surface area (Å²) in [5.41, 5.74) is 3.40. The molecule has 166 valence electrons. The van der Waals surface area contributed by atoms with Gasteiger partial charge in [-0.3, -0.25) is 10.1 Å². The summed E-state index contributed by atoms with van der Waals surface area (Å²) in [4.78, 5) is 34.3. The van der Waals surface area contributed by atoms with Crippen molar-refractivity contribution in [3.8, 4) is 0 Å². The van der Waals surface area contributed by atoms with Crippen LogP contribution in [0.2, 0.25) is 5.02 Å². The van der Waals surface area contributed by atoms with Gasteiger partial charge in [-0.2, -0.15) is 0 Å². The number of benzene rings is 2. The summed E-state index contributed by atoms with van der Waals surface area (Å²) < 4.78 is 0. The molecule has 1 aliphatic heterocycles. The molecule has 0 unspecified atom stereocenters. The highest BCUT2D eigenvalue weighted by Crippen LogP contribution is 2.28. The summed E-state index contributed by atoms with van der Waals surface area (Å²) in [6.07, 6.45) is 0. The first-order chi connectivity index (χ1) is 15.4. The lowest BCUT2D eigenvalue weighted by molar-refractivity contribution is 0.0750. The molecular weight excluding hydrogens is 446 g/mol. The zero-order valence-electron chi connectivity index (χ0n) is 17.9. The number of carbonyl (C=O) groups is 2. The maximum absolute atomic E-state index is 13.1. The first kappa shape index (κ1) is 22.1. The molecular formula is C23H24ClN5O2S. The highest BCUT2D eigenvalue weighted by molar-refractivity contribution is 7.17. The molecule has 1 fully saturated rings. The Morgan fingerprint density at radius 3 is 2.34 bits per heavy atom. The van der Waals surface area contributed by atoms with Crippen molar-refractivity contribution in [3.05, 3.63) is 69.7 Å². The molecule has 2 N–H and O–H groups in total. The molecule has 0 spiro atoms. The third-order valence-corrected chi connectivity index (χ3v) is 6.66. The van der Waals surface area contributed by atoms with Crippen molar-refractivity contribution in [1.29, 1.82) is 0 Å². The fourth-order valence-corrected chi connectivity index (χ4v) is 4.73. The lowest BCUT2D eigenvalue weighted by atomic mass is 10.2. The summed E-state index contributed by atoms with van der Waals surface area (Å²) in [6.45, 7) is 6.37. The molecule has 0 aliphatic carbocycles. The lowest BCUT2D eigenvalue weighted by Crippen LogP contribution is -2.48. The van der Waals surface area contributed by atoms with Gasteiger partial charge in [0.05, 0.1) is 16.4 Å². The Labute approximate surface area is 196 Å². The van der Waals surface area contributed by atoms with Crippen LogP contribution in [0.25, 0.3) is 0 Å². The summed E-state index contributed by atoms with van der Waals surface area (Å²) >= 11 is 7.50. The first-order valence-electron chi connectivity index (χ1n) is 10.3. The third-order valence-electron chi connectivity index (χ3n) is 5.28. The van der Waals surface area contributed by atoms with Crippen molar-refractivity contribution < 1.29 is 9.59 Å². The number of nitrogens with zero attached hydrogens (tertiary/aromatic N) is 3. The van der Waals surface area contributed by atoms with E-state index in [9.17, 15) is 9.59 Å². The number of hydrogen-bond donors (Lipinski definition) is 2. The molecule has 2 aromatic carbocycles. The molecule has 0 atom stereocenters. The van der Waals surface area contributed by atoms with E-state index in [1.807, 2.05) is 60.4 Å². The van der Waals surface area contributed by atoms with Crippen molar-refractivity contribution in [2.75, 3.05) is 41.7 Å². The monoisotopic (exact) mass is 469 g/mol. The van der Waals surface area contributed by atoms with E-state index in [4.69, 9.17) is 11.6 Å². The van der Waals surface area contributed by atoms with Crippen LogP contribution in [0.15, 0.2) is 48.5 Å². The minimum atomic E-state index is -0.394. The van der Waals surface area contributed by atoms with E-state index in [1.165, 1.54) is 11.3 Å². The second-order valence-electron chi connectivity index (χ2n) is 7.61. The predicted octanol–water partition coefficient (Wildman–Crippen LogP) is 5.02. The zero-order chi connectivity index (χ0) is 22.7. The lowest BCUT2D eigenvalue weighted by Gasteiger charge is -2.36. The maximum Gasteiger partial charge on any atom is 0.325 e. The number of amides is 3. The van der Waals surface area contributed by atoms with Crippen LogP contribution in [-0.4, -0.2) is 48.0 Å². The summed E-state index contributed by atoms with van der Waals surface area (Å²) in [5.74, 6) is -0.0641. The third kappa shape index (κ3) is 5.03. The zero-order valence-corrected chi connectivity index (χ0v) is 19.5. The molecule has 4 rings (SSSR count). The van der Waals surface area contributed by atoms with Gasteiger partial charge in [-0.05, 0) is 38.1 Å². The summed E-state index contributed by atoms with van der Waals surface area (Å²) in [7, 11) is 0. The highest BCUT2D eigenvalue weighted by Gasteiger charge is 2.26. The molecule has 1 saturated heterocycles. The Kier molecular flexibility index (Phi) is 6.62. The molecule has 3 aromatic rings. The first-order valence-corrected chi connectivity index (χ1v) is 11.5. The molecule has 0 saturated carbocycles. The number of nitrogens with one attached hydrogen (secondary N) is 2. The predicted molar refractivity (Wildman–Crippen MR) is 130 cm³/mol. The second kappa shape index (κ2) is 9.58. The molecule has 0 radical (unpaired) electrons. The van der Waals surface area contributed by atoms with Crippen LogP contribution in [0.5, 0.6) is 0 Å². The van der Waals surface area contributed by atoms with Crippen LogP contribution in [0, 0.1) is 13.8 Å². The number of rotatable bonds is 4. The Morgan fingerprint density at radius 2 is 1.66 bits per heavy atom. The molecule has 7 nitrogen and oxygen atoms in total. The van der Waals surface area contributed by atoms with E-state index in [1.54, 1.807) is 6.92 Å². The number of halogens is 1. The molecule has 32 heavy (non-hydrogen) atoms. The van der Waals surface area contributed by atoms with Crippen LogP contribution in [0.3, 0.4) is 0 Å². The van der Waals surface area contributed by atoms with Gasteiger partial charge in [0.15, 0.2) is 5.13 Å². The number of urea groups is 1. The Balaban J connectivity index is 1.36. The van der Waals surface area contributed by atoms with Crippen molar-refractivity contribution in [3.63, 3.8) is 0 Å². The Hall–Kier alpha value is -3.10. The van der Waals surface area contributed by atoms with Crippen LogP contribution >= 0.6 is 22.9 Å². The topological polar surface area (TPSA) is 77.6 Å². The van der Waals surface area contributed by atoms with Gasteiger partial charge in [0.2, 0.25) is 0 Å². The quantitative estimate of drug-likeness (QED) is 0.562. The summed E-state index contributed by atoms with van der Waals surface area (Å²) in [6, 6.07) is 14.9. The minimum absolute atomic E-state index is 0.0641. The number of aryl methyl sites for hydroxylation is 2. The van der Waals surface area contributed by atoms with Crippen molar-refractivity contribution in [2.45, 2.75) is 13.8 Å². The SMILES string of the molecule is Cc1ccc(NC(=O)Nc2nc(C)c(C(=O)N3CCN(c4ccccc4Cl)CC3)s2)cc1. The van der Waals surface area contributed by atoms with Gasteiger partial charge in [0, 0.05) is 31.9 Å². The van der Waals surface area contributed by atoms with Crippen LogP contribution in [0.4, 0.5) is 21.3 Å². The highest BCUT2D eigenvalue weighted by atomic mass is 35.5. The molecule has 2 heterocycles. The van der Waals surface area contributed by atoms with Gasteiger partial charge in [-0.1, -0.05) is 52.8 Å². The van der Waals surface area contributed by atoms with Crippen molar-refractivity contribution in [1.82, 2.24) is 9.88 Å². The number of aromatic nitrogens is 1. The van der Waals surface area contributed by atoms with E-state index >= 15 is 0 Å². The van der Waals surface area contributed by atoms with Crippen molar-refractivity contribution >= 4 is 51.4 Å². The number of anilines is 3. The van der Waals surface area contributed by atoms with E-state index in [0.717, 1.165) is 11.3 Å². The van der Waals surface area contributed by atoms with Crippen LogP contribution in [-0.2, 0) is 0 Å². The van der Waals surface area contributed by atoms with Gasteiger partial charge in [0.25, 0.3) is 5.91 Å². The van der Waals surface area contributed by atoms with Gasteiger partial charge in [-0.15, -0.1) is 0 Å². The molecule has 9 heteroatoms. The molecule has 3 amide bonds. The van der Waals surface area contributed by atoms with E-state index in [2.05, 4.69) is 20.5 Å². The average molecular weight is 470 g/mol. The normalized spacial score (nSPS) is 13.7. The fraction of sp³-hybridized carbons (Fsp3) is 0.261. The van der Waals surface area contributed by atoms with Gasteiger partial charge in [0.1, 0.15) is 4.88 Å².